The average Bonchev–Trinajstić information content (AvgIpc) is 2.84. The first-order chi connectivity index (χ1) is 17.0. The van der Waals surface area contributed by atoms with Gasteiger partial charge in [-0.25, -0.2) is 12.8 Å². The van der Waals surface area contributed by atoms with Gasteiger partial charge < -0.3 is 14.8 Å². The molecule has 3 aromatic carbocycles. The molecule has 3 aromatic rings. The summed E-state index contributed by atoms with van der Waals surface area (Å²) in [7, 11) is -1.38. The summed E-state index contributed by atoms with van der Waals surface area (Å²) in [4.78, 5) is 13.0. The van der Waals surface area contributed by atoms with Crippen molar-refractivity contribution in [2.75, 3.05) is 25.1 Å². The zero-order valence-electron chi connectivity index (χ0n) is 21.3. The largest absolute Gasteiger partial charge is 0.493 e. The van der Waals surface area contributed by atoms with Crippen molar-refractivity contribution in [1.82, 2.24) is 5.32 Å². The topological polar surface area (TPSA) is 84.9 Å². The molecule has 0 bridgehead atoms. The number of carbonyl (C=O) groups is 1. The van der Waals surface area contributed by atoms with E-state index in [4.69, 9.17) is 9.47 Å². The minimum Gasteiger partial charge on any atom is -0.493 e. The van der Waals surface area contributed by atoms with E-state index in [1.165, 1.54) is 44.6 Å². The van der Waals surface area contributed by atoms with E-state index < -0.39 is 28.3 Å². The number of halogens is 1. The Labute approximate surface area is 211 Å². The number of ether oxygens (including phenoxy) is 2. The summed E-state index contributed by atoms with van der Waals surface area (Å²) >= 11 is 0. The molecule has 0 heterocycles. The molecule has 0 aliphatic rings. The molecule has 36 heavy (non-hydrogen) atoms. The Morgan fingerprint density at radius 1 is 0.917 bits per heavy atom. The van der Waals surface area contributed by atoms with E-state index in [2.05, 4.69) is 11.4 Å². The smallest absolute Gasteiger partial charge is 0.264 e. The number of anilines is 1. The van der Waals surface area contributed by atoms with Crippen molar-refractivity contribution in [1.29, 1.82) is 0 Å². The highest BCUT2D eigenvalue weighted by molar-refractivity contribution is 7.92. The molecular formula is C27H31FN2O5S. The van der Waals surface area contributed by atoms with Crippen LogP contribution in [0.4, 0.5) is 10.1 Å². The van der Waals surface area contributed by atoms with Crippen molar-refractivity contribution in [3.63, 3.8) is 0 Å². The van der Waals surface area contributed by atoms with Crippen molar-refractivity contribution >= 4 is 21.6 Å². The van der Waals surface area contributed by atoms with Gasteiger partial charge in [-0.2, -0.15) is 0 Å². The van der Waals surface area contributed by atoms with Gasteiger partial charge >= 0.3 is 0 Å². The SMILES string of the molecule is COc1ccc(S(=O)(=O)N(CC(=O)N[C@@H](C)c2cc(C)c(C)cc2C)c2ccc(F)cc2)cc1OC. The van der Waals surface area contributed by atoms with Crippen LogP contribution in [0, 0.1) is 26.6 Å². The molecule has 0 aliphatic heterocycles. The van der Waals surface area contributed by atoms with Gasteiger partial charge in [-0.05, 0) is 86.3 Å². The summed E-state index contributed by atoms with van der Waals surface area (Å²) in [5.41, 5.74) is 4.37. The zero-order chi connectivity index (χ0) is 26.6. The van der Waals surface area contributed by atoms with Crippen LogP contribution in [0.3, 0.4) is 0 Å². The fourth-order valence-electron chi connectivity index (χ4n) is 3.97. The highest BCUT2D eigenvalue weighted by Gasteiger charge is 2.29. The molecule has 0 saturated carbocycles. The number of benzene rings is 3. The Balaban J connectivity index is 1.95. The number of aryl methyl sites for hydroxylation is 3. The van der Waals surface area contributed by atoms with Crippen LogP contribution in [0.1, 0.15) is 35.2 Å². The van der Waals surface area contributed by atoms with Gasteiger partial charge in [-0.1, -0.05) is 12.1 Å². The molecule has 0 aromatic heterocycles. The summed E-state index contributed by atoms with van der Waals surface area (Å²) in [6, 6.07) is 12.8. The number of methoxy groups -OCH3 is 2. The van der Waals surface area contributed by atoms with Gasteiger partial charge in [0.1, 0.15) is 12.4 Å². The number of amides is 1. The second kappa shape index (κ2) is 11.0. The highest BCUT2D eigenvalue weighted by Crippen LogP contribution is 2.32. The lowest BCUT2D eigenvalue weighted by molar-refractivity contribution is -0.120. The predicted molar refractivity (Wildman–Crippen MR) is 138 cm³/mol. The molecule has 1 atom stereocenters. The van der Waals surface area contributed by atoms with E-state index in [9.17, 15) is 17.6 Å². The minimum atomic E-state index is -4.23. The first-order valence-corrected chi connectivity index (χ1v) is 12.8. The Kier molecular flexibility index (Phi) is 8.24. The molecular weight excluding hydrogens is 483 g/mol. The molecule has 0 spiro atoms. The molecule has 192 valence electrons. The third kappa shape index (κ3) is 5.79. The van der Waals surface area contributed by atoms with Crippen LogP contribution in [0.5, 0.6) is 11.5 Å². The highest BCUT2D eigenvalue weighted by atomic mass is 32.2. The normalized spacial score (nSPS) is 12.1. The van der Waals surface area contributed by atoms with Crippen LogP contribution in [0.2, 0.25) is 0 Å². The lowest BCUT2D eigenvalue weighted by atomic mass is 9.96. The lowest BCUT2D eigenvalue weighted by Gasteiger charge is -2.26. The van der Waals surface area contributed by atoms with E-state index in [1.807, 2.05) is 33.8 Å². The number of rotatable bonds is 9. The quantitative estimate of drug-likeness (QED) is 0.442. The first kappa shape index (κ1) is 27.0. The van der Waals surface area contributed by atoms with Crippen LogP contribution in [-0.2, 0) is 14.8 Å². The molecule has 7 nitrogen and oxygen atoms in total. The second-order valence-electron chi connectivity index (χ2n) is 8.59. The van der Waals surface area contributed by atoms with Crippen LogP contribution >= 0.6 is 0 Å². The van der Waals surface area contributed by atoms with Crippen LogP contribution < -0.4 is 19.1 Å². The van der Waals surface area contributed by atoms with Gasteiger partial charge in [0.15, 0.2) is 11.5 Å². The molecule has 9 heteroatoms. The maximum Gasteiger partial charge on any atom is 0.264 e. The number of sulfonamides is 1. The van der Waals surface area contributed by atoms with Crippen molar-refractivity contribution in [3.05, 3.63) is 82.7 Å². The van der Waals surface area contributed by atoms with Gasteiger partial charge in [0.25, 0.3) is 10.0 Å². The summed E-state index contributed by atoms with van der Waals surface area (Å²) in [5.74, 6) is -0.444. The Bertz CT molecular complexity index is 1360. The summed E-state index contributed by atoms with van der Waals surface area (Å²) in [6.07, 6.45) is 0. The number of hydrogen-bond donors (Lipinski definition) is 1. The molecule has 0 saturated heterocycles. The number of nitrogens with zero attached hydrogens (tertiary/aromatic N) is 1. The van der Waals surface area contributed by atoms with Crippen LogP contribution in [0.25, 0.3) is 0 Å². The lowest BCUT2D eigenvalue weighted by Crippen LogP contribution is -2.41. The molecule has 0 radical (unpaired) electrons. The fourth-order valence-corrected chi connectivity index (χ4v) is 5.41. The summed E-state index contributed by atoms with van der Waals surface area (Å²) < 4.78 is 52.3. The molecule has 0 aliphatic carbocycles. The zero-order valence-corrected chi connectivity index (χ0v) is 22.1. The molecule has 0 fully saturated rings. The van der Waals surface area contributed by atoms with Gasteiger partial charge in [-0.3, -0.25) is 9.10 Å². The van der Waals surface area contributed by atoms with Gasteiger partial charge in [0, 0.05) is 6.07 Å². The summed E-state index contributed by atoms with van der Waals surface area (Å²) in [5, 5.41) is 2.90. The first-order valence-electron chi connectivity index (χ1n) is 11.4. The van der Waals surface area contributed by atoms with Crippen molar-refractivity contribution < 1.29 is 27.1 Å². The second-order valence-corrected chi connectivity index (χ2v) is 10.4. The monoisotopic (exact) mass is 514 g/mol. The van der Waals surface area contributed by atoms with Crippen molar-refractivity contribution in [2.45, 2.75) is 38.6 Å². The number of hydrogen-bond acceptors (Lipinski definition) is 5. The third-order valence-electron chi connectivity index (χ3n) is 6.07. The predicted octanol–water partition coefficient (Wildman–Crippen LogP) is 4.84. The van der Waals surface area contributed by atoms with E-state index in [1.54, 1.807) is 0 Å². The molecule has 1 amide bonds. The number of carbonyl (C=O) groups excluding carboxylic acids is 1. The molecule has 0 unspecified atom stereocenters. The van der Waals surface area contributed by atoms with Crippen molar-refractivity contribution in [3.8, 4) is 11.5 Å². The van der Waals surface area contributed by atoms with E-state index in [0.717, 1.165) is 38.7 Å². The maximum absolute atomic E-state index is 13.7. The Morgan fingerprint density at radius 3 is 2.14 bits per heavy atom. The van der Waals surface area contributed by atoms with Crippen LogP contribution in [-0.4, -0.2) is 35.1 Å². The van der Waals surface area contributed by atoms with E-state index in [-0.39, 0.29) is 22.4 Å². The Morgan fingerprint density at radius 2 is 1.53 bits per heavy atom. The van der Waals surface area contributed by atoms with Crippen LogP contribution in [0.15, 0.2) is 59.5 Å². The minimum absolute atomic E-state index is 0.102. The van der Waals surface area contributed by atoms with Gasteiger partial charge in [0.05, 0.1) is 30.8 Å². The van der Waals surface area contributed by atoms with E-state index >= 15 is 0 Å². The molecule has 1 N–H and O–H groups in total. The fraction of sp³-hybridized carbons (Fsp3) is 0.296. The summed E-state index contributed by atoms with van der Waals surface area (Å²) in [6.45, 7) is 7.33. The van der Waals surface area contributed by atoms with Gasteiger partial charge in [0.2, 0.25) is 5.91 Å². The van der Waals surface area contributed by atoms with Crippen molar-refractivity contribution in [2.24, 2.45) is 0 Å². The maximum atomic E-state index is 13.7. The van der Waals surface area contributed by atoms with Gasteiger partial charge in [-0.15, -0.1) is 0 Å². The molecule has 3 rings (SSSR count). The van der Waals surface area contributed by atoms with E-state index in [0.29, 0.717) is 5.75 Å². The number of nitrogens with one attached hydrogen (secondary N) is 1. The average molecular weight is 515 g/mol. The standard InChI is InChI=1S/C27H31FN2O5S/c1-17-13-19(3)24(14-18(17)2)20(4)29-27(31)16-30(22-9-7-21(28)8-10-22)36(32,33)23-11-12-25(34-5)26(15-23)35-6/h7-15,20H,16H2,1-6H3,(H,29,31)/t20-/m0/s1. The Hall–Kier alpha value is -3.59. The third-order valence-corrected chi connectivity index (χ3v) is 7.84.